The van der Waals surface area contributed by atoms with E-state index in [1.165, 1.54) is 0 Å². The second kappa shape index (κ2) is 4.20. The van der Waals surface area contributed by atoms with Gasteiger partial charge in [-0.25, -0.2) is 0 Å². The Labute approximate surface area is 101 Å². The van der Waals surface area contributed by atoms with Gasteiger partial charge in [-0.05, 0) is 18.1 Å². The zero-order chi connectivity index (χ0) is 12.6. The number of carbonyl (C=O) groups excluding carboxylic acids is 2. The molecule has 1 aliphatic heterocycles. The zero-order valence-electron chi connectivity index (χ0n) is 10.2. The Morgan fingerprint density at radius 1 is 1.24 bits per heavy atom. The van der Waals surface area contributed by atoms with Crippen molar-refractivity contribution < 1.29 is 9.59 Å². The lowest BCUT2D eigenvalue weighted by molar-refractivity contribution is -0.120. The number of anilines is 1. The number of nitrogens with zero attached hydrogens (tertiary/aromatic N) is 1. The van der Waals surface area contributed by atoms with Gasteiger partial charge < -0.3 is 10.2 Å². The molecule has 0 radical (unpaired) electrons. The summed E-state index contributed by atoms with van der Waals surface area (Å²) in [5.74, 6) is -0.182. The van der Waals surface area contributed by atoms with E-state index in [0.717, 1.165) is 0 Å². The van der Waals surface area contributed by atoms with Crippen LogP contribution in [0.15, 0.2) is 24.3 Å². The van der Waals surface area contributed by atoms with E-state index >= 15 is 0 Å². The van der Waals surface area contributed by atoms with Gasteiger partial charge in [-0.3, -0.25) is 9.59 Å². The Balaban J connectivity index is 2.50. The van der Waals surface area contributed by atoms with Crippen LogP contribution in [0.5, 0.6) is 0 Å². The molecular weight excluding hydrogens is 216 g/mol. The van der Waals surface area contributed by atoms with E-state index in [9.17, 15) is 9.59 Å². The standard InChI is InChI=1S/C13H16N2O2/c1-8(2)11-13(17)15(3)10-7-5-4-6-9(10)12(16)14-11/h4-8,11H,1-3H3,(H,14,16)/t11-/m1/s1. The first-order valence-electron chi connectivity index (χ1n) is 5.70. The molecule has 0 aromatic heterocycles. The van der Waals surface area contributed by atoms with Crippen molar-refractivity contribution in [2.45, 2.75) is 19.9 Å². The predicted molar refractivity (Wildman–Crippen MR) is 65.9 cm³/mol. The van der Waals surface area contributed by atoms with Crippen molar-refractivity contribution >= 4 is 17.5 Å². The van der Waals surface area contributed by atoms with Crippen LogP contribution < -0.4 is 10.2 Å². The van der Waals surface area contributed by atoms with Crippen LogP contribution in [0.3, 0.4) is 0 Å². The molecule has 2 rings (SSSR count). The van der Waals surface area contributed by atoms with Gasteiger partial charge in [0.1, 0.15) is 6.04 Å². The number of amides is 2. The van der Waals surface area contributed by atoms with E-state index in [1.54, 1.807) is 30.1 Å². The normalized spacial score (nSPS) is 20.0. The summed E-state index contributed by atoms with van der Waals surface area (Å²) in [6.45, 7) is 3.85. The van der Waals surface area contributed by atoms with Crippen LogP contribution in [0, 0.1) is 5.92 Å². The molecule has 0 aliphatic carbocycles. The topological polar surface area (TPSA) is 49.4 Å². The fraction of sp³-hybridized carbons (Fsp3) is 0.385. The van der Waals surface area contributed by atoms with Crippen molar-refractivity contribution in [1.29, 1.82) is 0 Å². The minimum atomic E-state index is -0.458. The molecule has 2 amide bonds. The van der Waals surface area contributed by atoms with Gasteiger partial charge in [-0.2, -0.15) is 0 Å². The van der Waals surface area contributed by atoms with Gasteiger partial charge in [-0.1, -0.05) is 26.0 Å². The monoisotopic (exact) mass is 232 g/mol. The molecule has 0 fully saturated rings. The van der Waals surface area contributed by atoms with Crippen LogP contribution in [0.2, 0.25) is 0 Å². The molecule has 4 nitrogen and oxygen atoms in total. The highest BCUT2D eigenvalue weighted by Crippen LogP contribution is 2.24. The van der Waals surface area contributed by atoms with Gasteiger partial charge in [0.05, 0.1) is 11.3 Å². The summed E-state index contributed by atoms with van der Waals surface area (Å²) >= 11 is 0. The van der Waals surface area contributed by atoms with Gasteiger partial charge in [0.2, 0.25) is 5.91 Å². The molecule has 1 aromatic carbocycles. The van der Waals surface area contributed by atoms with Crippen molar-refractivity contribution in [3.05, 3.63) is 29.8 Å². The number of nitrogens with one attached hydrogen (secondary N) is 1. The number of rotatable bonds is 1. The maximum Gasteiger partial charge on any atom is 0.254 e. The smallest absolute Gasteiger partial charge is 0.254 e. The number of fused-ring (bicyclic) bond motifs is 1. The van der Waals surface area contributed by atoms with Crippen molar-refractivity contribution in [3.8, 4) is 0 Å². The van der Waals surface area contributed by atoms with Crippen molar-refractivity contribution in [2.24, 2.45) is 5.92 Å². The first kappa shape index (κ1) is 11.6. The fourth-order valence-electron chi connectivity index (χ4n) is 2.02. The summed E-state index contributed by atoms with van der Waals surface area (Å²) in [7, 11) is 1.71. The molecule has 0 saturated heterocycles. The van der Waals surface area contributed by atoms with Crippen molar-refractivity contribution in [3.63, 3.8) is 0 Å². The summed E-state index contributed by atoms with van der Waals surface area (Å²) in [4.78, 5) is 25.8. The van der Waals surface area contributed by atoms with Gasteiger partial charge in [0.25, 0.3) is 5.91 Å². The fourth-order valence-corrected chi connectivity index (χ4v) is 2.02. The molecule has 1 N–H and O–H groups in total. The SMILES string of the molecule is CC(C)[C@H]1NC(=O)c2ccccc2N(C)C1=O. The van der Waals surface area contributed by atoms with E-state index in [1.807, 2.05) is 19.9 Å². The second-order valence-corrected chi connectivity index (χ2v) is 4.61. The minimum Gasteiger partial charge on any atom is -0.340 e. The molecule has 1 aromatic rings. The third-order valence-corrected chi connectivity index (χ3v) is 3.06. The molecule has 0 saturated carbocycles. The average Bonchev–Trinajstić information content (AvgIpc) is 2.41. The van der Waals surface area contributed by atoms with Gasteiger partial charge >= 0.3 is 0 Å². The van der Waals surface area contributed by atoms with E-state index < -0.39 is 6.04 Å². The van der Waals surface area contributed by atoms with E-state index in [-0.39, 0.29) is 17.7 Å². The van der Waals surface area contributed by atoms with E-state index in [4.69, 9.17) is 0 Å². The lowest BCUT2D eigenvalue weighted by atomic mass is 10.0. The largest absolute Gasteiger partial charge is 0.340 e. The summed E-state index contributed by atoms with van der Waals surface area (Å²) in [5.41, 5.74) is 1.21. The Morgan fingerprint density at radius 2 is 1.88 bits per heavy atom. The van der Waals surface area contributed by atoms with Crippen LogP contribution in [-0.2, 0) is 4.79 Å². The average molecular weight is 232 g/mol. The summed E-state index contributed by atoms with van der Waals surface area (Å²) in [6.07, 6.45) is 0. The summed E-state index contributed by atoms with van der Waals surface area (Å²) < 4.78 is 0. The van der Waals surface area contributed by atoms with Gasteiger partial charge in [-0.15, -0.1) is 0 Å². The molecular formula is C13H16N2O2. The van der Waals surface area contributed by atoms with E-state index in [0.29, 0.717) is 11.3 Å². The Hall–Kier alpha value is -1.84. The highest BCUT2D eigenvalue weighted by molar-refractivity contribution is 6.10. The molecule has 4 heteroatoms. The van der Waals surface area contributed by atoms with Crippen LogP contribution in [-0.4, -0.2) is 24.9 Å². The van der Waals surface area contributed by atoms with Crippen LogP contribution >= 0.6 is 0 Å². The maximum absolute atomic E-state index is 12.2. The molecule has 17 heavy (non-hydrogen) atoms. The lowest BCUT2D eigenvalue weighted by Crippen LogP contribution is -2.47. The highest BCUT2D eigenvalue weighted by Gasteiger charge is 2.33. The molecule has 0 spiro atoms. The quantitative estimate of drug-likeness (QED) is 0.796. The first-order chi connectivity index (χ1) is 8.02. The van der Waals surface area contributed by atoms with Crippen molar-refractivity contribution in [1.82, 2.24) is 5.32 Å². The van der Waals surface area contributed by atoms with Crippen LogP contribution in [0.25, 0.3) is 0 Å². The lowest BCUT2D eigenvalue weighted by Gasteiger charge is -2.23. The number of para-hydroxylation sites is 1. The van der Waals surface area contributed by atoms with Crippen LogP contribution in [0.1, 0.15) is 24.2 Å². The van der Waals surface area contributed by atoms with Gasteiger partial charge in [0.15, 0.2) is 0 Å². The molecule has 0 bridgehead atoms. The second-order valence-electron chi connectivity index (χ2n) is 4.61. The molecule has 90 valence electrons. The summed E-state index contributed by atoms with van der Waals surface area (Å²) in [6, 6.07) is 6.69. The number of carbonyl (C=O) groups is 2. The molecule has 0 unspecified atom stereocenters. The van der Waals surface area contributed by atoms with E-state index in [2.05, 4.69) is 5.32 Å². The third kappa shape index (κ3) is 1.90. The first-order valence-corrected chi connectivity index (χ1v) is 5.70. The number of hydrogen-bond donors (Lipinski definition) is 1. The summed E-state index contributed by atoms with van der Waals surface area (Å²) in [5, 5.41) is 2.78. The van der Waals surface area contributed by atoms with Crippen molar-refractivity contribution in [2.75, 3.05) is 11.9 Å². The van der Waals surface area contributed by atoms with Gasteiger partial charge in [0, 0.05) is 7.05 Å². The number of hydrogen-bond acceptors (Lipinski definition) is 2. The predicted octanol–water partition coefficient (Wildman–Crippen LogP) is 1.42. The molecule has 1 heterocycles. The third-order valence-electron chi connectivity index (χ3n) is 3.06. The maximum atomic E-state index is 12.2. The number of benzene rings is 1. The number of likely N-dealkylation sites (N-methyl/N-ethyl adjacent to an activating group) is 1. The Morgan fingerprint density at radius 3 is 2.53 bits per heavy atom. The minimum absolute atomic E-state index is 0.0710. The molecule has 1 aliphatic rings. The Bertz CT molecular complexity index is 468. The molecule has 1 atom stereocenters. The Kier molecular flexibility index (Phi) is 2.88. The van der Waals surface area contributed by atoms with Crippen LogP contribution in [0.4, 0.5) is 5.69 Å². The highest BCUT2D eigenvalue weighted by atomic mass is 16.2. The zero-order valence-corrected chi connectivity index (χ0v) is 10.2.